The van der Waals surface area contributed by atoms with Crippen LogP contribution in [-0.2, 0) is 6.61 Å². The summed E-state index contributed by atoms with van der Waals surface area (Å²) in [5.74, 6) is 0.184. The molecule has 21 heavy (non-hydrogen) atoms. The van der Waals surface area contributed by atoms with Gasteiger partial charge in [0, 0.05) is 29.1 Å². The van der Waals surface area contributed by atoms with Crippen LogP contribution in [0.5, 0.6) is 5.75 Å². The molecule has 1 heterocycles. The van der Waals surface area contributed by atoms with E-state index in [-0.39, 0.29) is 17.7 Å². The van der Waals surface area contributed by atoms with E-state index >= 15 is 0 Å². The number of ether oxygens (including phenoxy) is 1. The van der Waals surface area contributed by atoms with Gasteiger partial charge in [0.25, 0.3) is 5.91 Å². The van der Waals surface area contributed by atoms with Crippen molar-refractivity contribution in [3.63, 3.8) is 0 Å². The quantitative estimate of drug-likeness (QED) is 0.778. The summed E-state index contributed by atoms with van der Waals surface area (Å²) in [5, 5.41) is 12.0. The molecule has 1 aromatic heterocycles. The summed E-state index contributed by atoms with van der Waals surface area (Å²) in [6.45, 7) is 2.15. The van der Waals surface area contributed by atoms with Crippen LogP contribution in [0.25, 0.3) is 0 Å². The van der Waals surface area contributed by atoms with Crippen LogP contribution in [0.4, 0.5) is 5.69 Å². The SMILES string of the molecule is CCOc1ccc(NC(=O)c2cc[nH]c(=O)c2)cc1CO. The van der Waals surface area contributed by atoms with Crippen LogP contribution in [0.2, 0.25) is 0 Å². The molecule has 0 saturated heterocycles. The van der Waals surface area contributed by atoms with E-state index in [4.69, 9.17) is 4.74 Å². The number of aliphatic hydroxyl groups excluding tert-OH is 1. The number of pyridine rings is 1. The standard InChI is InChI=1S/C15H16N2O4/c1-2-21-13-4-3-12(7-11(13)9-18)17-15(20)10-5-6-16-14(19)8-10/h3-8,18H,2,9H2,1H3,(H,16,19)(H,17,20). The number of hydrogen-bond donors (Lipinski definition) is 3. The number of nitrogens with one attached hydrogen (secondary N) is 2. The van der Waals surface area contributed by atoms with Gasteiger partial charge in [-0.25, -0.2) is 0 Å². The highest BCUT2D eigenvalue weighted by atomic mass is 16.5. The molecule has 0 aliphatic rings. The fourth-order valence-electron chi connectivity index (χ4n) is 1.87. The van der Waals surface area contributed by atoms with Gasteiger partial charge in [0.05, 0.1) is 13.2 Å². The van der Waals surface area contributed by atoms with Crippen LogP contribution in [0.3, 0.4) is 0 Å². The van der Waals surface area contributed by atoms with Crippen LogP contribution in [0.15, 0.2) is 41.3 Å². The van der Waals surface area contributed by atoms with E-state index in [9.17, 15) is 14.7 Å². The molecule has 0 unspecified atom stereocenters. The Bertz CT molecular complexity index is 694. The molecular weight excluding hydrogens is 272 g/mol. The minimum absolute atomic E-state index is 0.190. The zero-order valence-electron chi connectivity index (χ0n) is 11.6. The summed E-state index contributed by atoms with van der Waals surface area (Å²) < 4.78 is 5.37. The molecule has 1 aromatic carbocycles. The number of aliphatic hydroxyl groups is 1. The van der Waals surface area contributed by atoms with Crippen molar-refractivity contribution in [3.05, 3.63) is 58.0 Å². The minimum atomic E-state index is -0.394. The van der Waals surface area contributed by atoms with E-state index in [1.54, 1.807) is 18.2 Å². The van der Waals surface area contributed by atoms with Crippen molar-refractivity contribution in [1.82, 2.24) is 4.98 Å². The van der Waals surface area contributed by atoms with Crippen LogP contribution < -0.4 is 15.6 Å². The van der Waals surface area contributed by atoms with Gasteiger partial charge in [-0.15, -0.1) is 0 Å². The summed E-state index contributed by atoms with van der Waals surface area (Å²) in [5.41, 5.74) is 1.02. The minimum Gasteiger partial charge on any atom is -0.494 e. The number of anilines is 1. The Morgan fingerprint density at radius 2 is 2.14 bits per heavy atom. The third-order valence-corrected chi connectivity index (χ3v) is 2.83. The number of rotatable bonds is 5. The van der Waals surface area contributed by atoms with E-state index in [1.165, 1.54) is 18.3 Å². The molecule has 0 spiro atoms. The van der Waals surface area contributed by atoms with Crippen molar-refractivity contribution in [1.29, 1.82) is 0 Å². The molecule has 6 heteroatoms. The molecule has 0 aliphatic heterocycles. The van der Waals surface area contributed by atoms with Crippen molar-refractivity contribution in [2.45, 2.75) is 13.5 Å². The summed E-state index contributed by atoms with van der Waals surface area (Å²) >= 11 is 0. The molecule has 0 atom stereocenters. The molecule has 0 bridgehead atoms. The highest BCUT2D eigenvalue weighted by Gasteiger charge is 2.09. The summed E-state index contributed by atoms with van der Waals surface area (Å²) in [6.07, 6.45) is 1.41. The molecule has 0 radical (unpaired) electrons. The fourth-order valence-corrected chi connectivity index (χ4v) is 1.87. The molecule has 3 N–H and O–H groups in total. The molecule has 1 amide bonds. The number of amides is 1. The number of hydrogen-bond acceptors (Lipinski definition) is 4. The third kappa shape index (κ3) is 3.70. The van der Waals surface area contributed by atoms with Crippen molar-refractivity contribution in [2.24, 2.45) is 0 Å². The summed E-state index contributed by atoms with van der Waals surface area (Å²) in [6, 6.07) is 7.73. The molecule has 110 valence electrons. The van der Waals surface area contributed by atoms with Gasteiger partial charge in [-0.05, 0) is 31.2 Å². The van der Waals surface area contributed by atoms with Gasteiger partial charge in [-0.3, -0.25) is 9.59 Å². The number of carbonyl (C=O) groups excluding carboxylic acids is 1. The van der Waals surface area contributed by atoms with Gasteiger partial charge in [0.2, 0.25) is 5.56 Å². The first-order valence-corrected chi connectivity index (χ1v) is 6.50. The molecule has 2 rings (SSSR count). The predicted molar refractivity (Wildman–Crippen MR) is 78.5 cm³/mol. The lowest BCUT2D eigenvalue weighted by Crippen LogP contribution is -2.15. The first-order chi connectivity index (χ1) is 10.1. The topological polar surface area (TPSA) is 91.4 Å². The Labute approximate surface area is 121 Å². The number of H-pyrrole nitrogens is 1. The van der Waals surface area contributed by atoms with E-state index in [0.717, 1.165) is 0 Å². The van der Waals surface area contributed by atoms with Gasteiger partial charge < -0.3 is 20.1 Å². The monoisotopic (exact) mass is 288 g/mol. The lowest BCUT2D eigenvalue weighted by atomic mass is 10.1. The highest BCUT2D eigenvalue weighted by molar-refractivity contribution is 6.04. The highest BCUT2D eigenvalue weighted by Crippen LogP contribution is 2.23. The van der Waals surface area contributed by atoms with Crippen molar-refractivity contribution in [3.8, 4) is 5.75 Å². The van der Waals surface area contributed by atoms with Crippen LogP contribution in [-0.4, -0.2) is 22.6 Å². The Morgan fingerprint density at radius 1 is 1.33 bits per heavy atom. The second kappa shape index (κ2) is 6.71. The normalized spacial score (nSPS) is 10.2. The number of carbonyl (C=O) groups is 1. The number of benzene rings is 1. The lowest BCUT2D eigenvalue weighted by Gasteiger charge is -2.11. The maximum Gasteiger partial charge on any atom is 0.255 e. The van der Waals surface area contributed by atoms with Crippen molar-refractivity contribution in [2.75, 3.05) is 11.9 Å². The molecule has 0 aliphatic carbocycles. The van der Waals surface area contributed by atoms with Gasteiger partial charge in [-0.1, -0.05) is 0 Å². The largest absolute Gasteiger partial charge is 0.494 e. The average Bonchev–Trinajstić information content (AvgIpc) is 2.49. The predicted octanol–water partition coefficient (Wildman–Crippen LogP) is 1.52. The van der Waals surface area contributed by atoms with E-state index in [2.05, 4.69) is 10.3 Å². The van der Waals surface area contributed by atoms with Crippen molar-refractivity contribution < 1.29 is 14.6 Å². The third-order valence-electron chi connectivity index (χ3n) is 2.83. The van der Waals surface area contributed by atoms with E-state index in [1.807, 2.05) is 6.92 Å². The zero-order chi connectivity index (χ0) is 15.2. The van der Waals surface area contributed by atoms with Gasteiger partial charge in [-0.2, -0.15) is 0 Å². The maximum atomic E-state index is 12.0. The van der Waals surface area contributed by atoms with Crippen LogP contribution in [0.1, 0.15) is 22.8 Å². The molecule has 0 saturated carbocycles. The van der Waals surface area contributed by atoms with E-state index < -0.39 is 5.91 Å². The second-order valence-electron chi connectivity index (χ2n) is 4.31. The Balaban J connectivity index is 2.19. The second-order valence-corrected chi connectivity index (χ2v) is 4.31. The van der Waals surface area contributed by atoms with Crippen LogP contribution in [0, 0.1) is 0 Å². The molecule has 2 aromatic rings. The molecule has 6 nitrogen and oxygen atoms in total. The smallest absolute Gasteiger partial charge is 0.255 e. The van der Waals surface area contributed by atoms with Gasteiger partial charge >= 0.3 is 0 Å². The molecular formula is C15H16N2O4. The summed E-state index contributed by atoms with van der Waals surface area (Å²) in [4.78, 5) is 25.6. The summed E-state index contributed by atoms with van der Waals surface area (Å²) in [7, 11) is 0. The lowest BCUT2D eigenvalue weighted by molar-refractivity contribution is 0.102. The Morgan fingerprint density at radius 3 is 2.81 bits per heavy atom. The fraction of sp³-hybridized carbons (Fsp3) is 0.200. The van der Waals surface area contributed by atoms with E-state index in [0.29, 0.717) is 23.6 Å². The number of aromatic amines is 1. The zero-order valence-corrected chi connectivity index (χ0v) is 11.6. The Kier molecular flexibility index (Phi) is 4.73. The first-order valence-electron chi connectivity index (χ1n) is 6.50. The van der Waals surface area contributed by atoms with Crippen LogP contribution >= 0.6 is 0 Å². The van der Waals surface area contributed by atoms with Crippen molar-refractivity contribution >= 4 is 11.6 Å². The molecule has 0 fully saturated rings. The average molecular weight is 288 g/mol. The maximum absolute atomic E-state index is 12.0. The number of aromatic nitrogens is 1. The van der Waals surface area contributed by atoms with Gasteiger partial charge in [0.1, 0.15) is 5.75 Å². The Hall–Kier alpha value is -2.60. The van der Waals surface area contributed by atoms with Gasteiger partial charge in [0.15, 0.2) is 0 Å². The first kappa shape index (κ1) is 14.8.